The van der Waals surface area contributed by atoms with Crippen LogP contribution < -0.4 is 27.0 Å². The van der Waals surface area contributed by atoms with Gasteiger partial charge in [-0.15, -0.1) is 0 Å². The van der Waals surface area contributed by atoms with Gasteiger partial charge in [0, 0.05) is 6.54 Å². The number of ketones is 1. The summed E-state index contributed by atoms with van der Waals surface area (Å²) in [5.41, 5.74) is 5.09. The average molecular weight is 753 g/mol. The van der Waals surface area contributed by atoms with Gasteiger partial charge in [0.25, 0.3) is 5.91 Å². The first-order valence-corrected chi connectivity index (χ1v) is 19.4. The van der Waals surface area contributed by atoms with Crippen molar-refractivity contribution >= 4 is 41.4 Å². The Bertz CT molecular complexity index is 1530. The summed E-state index contributed by atoms with van der Waals surface area (Å²) in [6, 6.07) is 4.25. The topological polar surface area (TPSA) is 206 Å². The number of primary amides is 1. The number of amides is 6. The van der Waals surface area contributed by atoms with Gasteiger partial charge < -0.3 is 36.6 Å². The molecule has 6 N–H and O–H groups in total. The third-order valence-electron chi connectivity index (χ3n) is 10.2. The number of nitrogens with one attached hydrogen (secondary N) is 4. The molecule has 14 heteroatoms. The maximum atomic E-state index is 14.5. The van der Waals surface area contributed by atoms with Gasteiger partial charge in [0.15, 0.2) is 0 Å². The van der Waals surface area contributed by atoms with Gasteiger partial charge in [-0.3, -0.25) is 28.8 Å². The third-order valence-corrected chi connectivity index (χ3v) is 10.2. The highest BCUT2D eigenvalue weighted by Gasteiger charge is 2.46. The molecule has 1 aromatic carbocycles. The lowest BCUT2D eigenvalue weighted by molar-refractivity contribution is -0.143. The molecule has 1 heterocycles. The largest absolute Gasteiger partial charge is 0.444 e. The molecule has 2 saturated carbocycles. The summed E-state index contributed by atoms with van der Waals surface area (Å²) in [7, 11) is 0. The Balaban J connectivity index is 1.49. The molecule has 0 spiro atoms. The molecule has 3 fully saturated rings. The molecule has 1 saturated heterocycles. The first kappa shape index (κ1) is 42.3. The average Bonchev–Trinajstić information content (AvgIpc) is 3.82. The van der Waals surface area contributed by atoms with E-state index in [9.17, 15) is 33.6 Å². The van der Waals surface area contributed by atoms with Crippen LogP contribution in [0.2, 0.25) is 0 Å². The summed E-state index contributed by atoms with van der Waals surface area (Å²) in [6.45, 7) is 11.3. The minimum Gasteiger partial charge on any atom is -0.444 e. The monoisotopic (exact) mass is 752 g/mol. The van der Waals surface area contributed by atoms with Crippen LogP contribution in [0, 0.1) is 23.2 Å². The summed E-state index contributed by atoms with van der Waals surface area (Å²) >= 11 is 0. The summed E-state index contributed by atoms with van der Waals surface area (Å²) in [4.78, 5) is 94.7. The number of carbonyl (C=O) groups excluding carboxylic acids is 7. The molecule has 298 valence electrons. The Morgan fingerprint density at radius 2 is 1.50 bits per heavy atom. The zero-order valence-corrected chi connectivity index (χ0v) is 32.7. The van der Waals surface area contributed by atoms with Gasteiger partial charge in [0.05, 0.1) is 12.6 Å². The number of nitrogens with zero attached hydrogens (tertiary/aromatic N) is 1. The Morgan fingerprint density at radius 3 is 2.07 bits per heavy atom. The summed E-state index contributed by atoms with van der Waals surface area (Å²) in [5.74, 6) is -4.40. The molecule has 1 aliphatic heterocycles. The highest BCUT2D eigenvalue weighted by atomic mass is 16.6. The first-order chi connectivity index (χ1) is 25.3. The molecular formula is C40H60N6O8. The summed E-state index contributed by atoms with van der Waals surface area (Å²) < 4.78 is 5.54. The lowest BCUT2D eigenvalue weighted by Crippen LogP contribution is -2.58. The van der Waals surface area contributed by atoms with Crippen LogP contribution in [-0.2, 0) is 33.5 Å². The Morgan fingerprint density at radius 1 is 0.852 bits per heavy atom. The minimum atomic E-state index is -1.18. The summed E-state index contributed by atoms with van der Waals surface area (Å²) in [5, 5.41) is 10.5. The number of Topliss-reactive ketones (excluding diaryl/α,β-unsaturated/α-hetero) is 1. The van der Waals surface area contributed by atoms with E-state index in [4.69, 9.17) is 10.5 Å². The molecule has 5 atom stereocenters. The number of nitrogens with two attached hydrogens (primary N) is 1. The van der Waals surface area contributed by atoms with Crippen LogP contribution in [-0.4, -0.2) is 83.1 Å². The van der Waals surface area contributed by atoms with Crippen molar-refractivity contribution in [1.29, 1.82) is 0 Å². The van der Waals surface area contributed by atoms with E-state index < -0.39 is 71.8 Å². The number of alkyl carbamates (subject to hydrolysis) is 1. The van der Waals surface area contributed by atoms with Gasteiger partial charge in [-0.25, -0.2) is 4.79 Å². The highest BCUT2D eigenvalue weighted by molar-refractivity contribution is 6.38. The Hall–Kier alpha value is -4.49. The molecule has 14 nitrogen and oxygen atoms in total. The van der Waals surface area contributed by atoms with E-state index in [1.807, 2.05) is 0 Å². The number of hydrogen-bond acceptors (Lipinski definition) is 8. The molecule has 1 aromatic rings. The SMILES string of the molecule is CC(C)(C)CC1C[C@@H](C(=O)NC(CC2CC2)C(=O)C(=O)NCC(=O)N[C@H](C(N)=O)c2ccccc2)N(C(=O)[C@@H](NC(=O)OC(C)(C)C)C2CCCCC2)C1. The van der Waals surface area contributed by atoms with E-state index in [1.54, 1.807) is 56.0 Å². The van der Waals surface area contributed by atoms with Crippen LogP contribution in [0.25, 0.3) is 0 Å². The Kier molecular flexibility index (Phi) is 14.3. The van der Waals surface area contributed by atoms with Crippen molar-refractivity contribution in [2.75, 3.05) is 13.1 Å². The number of benzene rings is 1. The molecule has 2 aliphatic carbocycles. The molecular weight excluding hydrogens is 692 g/mol. The van der Waals surface area contributed by atoms with Crippen LogP contribution in [0.3, 0.4) is 0 Å². The van der Waals surface area contributed by atoms with Crippen molar-refractivity contribution in [3.8, 4) is 0 Å². The maximum absolute atomic E-state index is 14.5. The van der Waals surface area contributed by atoms with E-state index in [2.05, 4.69) is 42.0 Å². The molecule has 0 bridgehead atoms. The van der Waals surface area contributed by atoms with Crippen LogP contribution in [0.15, 0.2) is 30.3 Å². The number of ether oxygens (including phenoxy) is 1. The van der Waals surface area contributed by atoms with E-state index in [0.29, 0.717) is 18.5 Å². The smallest absolute Gasteiger partial charge is 0.408 e. The fraction of sp³-hybridized carbons (Fsp3) is 0.675. The first-order valence-electron chi connectivity index (χ1n) is 19.4. The van der Waals surface area contributed by atoms with Gasteiger partial charge in [-0.2, -0.15) is 0 Å². The fourth-order valence-electron chi connectivity index (χ4n) is 7.66. The van der Waals surface area contributed by atoms with Gasteiger partial charge in [-0.1, -0.05) is 83.2 Å². The van der Waals surface area contributed by atoms with E-state index in [1.165, 1.54) is 0 Å². The second-order valence-electron chi connectivity index (χ2n) is 17.5. The quantitative estimate of drug-likeness (QED) is 0.168. The normalized spacial score (nSPS) is 20.9. The molecule has 2 unspecified atom stereocenters. The maximum Gasteiger partial charge on any atom is 0.408 e. The lowest BCUT2D eigenvalue weighted by atomic mass is 9.83. The number of likely N-dealkylation sites (tertiary alicyclic amines) is 1. The molecule has 0 aromatic heterocycles. The minimum absolute atomic E-state index is 0.0160. The number of rotatable bonds is 15. The van der Waals surface area contributed by atoms with Crippen LogP contribution in [0.4, 0.5) is 4.79 Å². The summed E-state index contributed by atoms with van der Waals surface area (Å²) in [6.07, 6.45) is 6.73. The predicted octanol–water partition coefficient (Wildman–Crippen LogP) is 3.43. The zero-order chi connectivity index (χ0) is 39.8. The molecule has 0 radical (unpaired) electrons. The van der Waals surface area contributed by atoms with Crippen molar-refractivity contribution in [2.45, 2.75) is 136 Å². The van der Waals surface area contributed by atoms with Crippen LogP contribution >= 0.6 is 0 Å². The van der Waals surface area contributed by atoms with Crippen LogP contribution in [0.1, 0.15) is 117 Å². The van der Waals surface area contributed by atoms with Crippen molar-refractivity contribution in [1.82, 2.24) is 26.2 Å². The standard InChI is InChI=1S/C40H60N6O8/c1-39(2,3)21-25-20-29(46(23-25)37(52)32(27-15-11-8-12-16-27)45-38(53)54-40(4,5)6)35(50)43-28(19-24-17-18-24)33(48)36(51)42-22-30(47)44-31(34(41)49)26-13-9-7-10-14-26/h7,9-10,13-14,24-25,27-29,31-32H,8,11-12,15-23H2,1-6H3,(H2,41,49)(H,42,51)(H,43,50)(H,44,47)(H,45,53)/t25?,28?,29-,31-,32-/m0/s1. The number of hydrogen-bond donors (Lipinski definition) is 5. The van der Waals surface area contributed by atoms with Gasteiger partial charge in [-0.05, 0) is 81.6 Å². The molecule has 6 amide bonds. The van der Waals surface area contributed by atoms with Crippen molar-refractivity contribution in [2.24, 2.45) is 28.9 Å². The zero-order valence-electron chi connectivity index (χ0n) is 32.7. The molecule has 54 heavy (non-hydrogen) atoms. The van der Waals surface area contributed by atoms with E-state index in [0.717, 1.165) is 51.4 Å². The lowest BCUT2D eigenvalue weighted by Gasteiger charge is -2.35. The predicted molar refractivity (Wildman–Crippen MR) is 201 cm³/mol. The van der Waals surface area contributed by atoms with Gasteiger partial charge in [0.1, 0.15) is 23.7 Å². The van der Waals surface area contributed by atoms with Crippen LogP contribution in [0.5, 0.6) is 0 Å². The van der Waals surface area contributed by atoms with Crippen molar-refractivity contribution in [3.63, 3.8) is 0 Å². The van der Waals surface area contributed by atoms with Crippen molar-refractivity contribution < 1.29 is 38.3 Å². The fourth-order valence-corrected chi connectivity index (χ4v) is 7.66. The molecule has 3 aliphatic rings. The second kappa shape index (κ2) is 18.2. The van der Waals surface area contributed by atoms with E-state index >= 15 is 0 Å². The Labute approximate surface area is 318 Å². The van der Waals surface area contributed by atoms with E-state index in [-0.39, 0.29) is 35.5 Å². The second-order valence-corrected chi connectivity index (χ2v) is 17.5. The van der Waals surface area contributed by atoms with Gasteiger partial charge in [0.2, 0.25) is 29.4 Å². The highest BCUT2D eigenvalue weighted by Crippen LogP contribution is 2.37. The third kappa shape index (κ3) is 12.8. The van der Waals surface area contributed by atoms with Crippen molar-refractivity contribution in [3.05, 3.63) is 35.9 Å². The number of carbonyl (C=O) groups is 7. The molecule has 4 rings (SSSR count). The van der Waals surface area contributed by atoms with Gasteiger partial charge >= 0.3 is 6.09 Å².